The molecule has 1 saturated heterocycles. The summed E-state index contributed by atoms with van der Waals surface area (Å²) in [4.78, 5) is 30.3. The van der Waals surface area contributed by atoms with Crippen LogP contribution in [0.25, 0.3) is 5.76 Å². The fraction of sp³-hybridized carbons (Fsp3) is 0.290. The van der Waals surface area contributed by atoms with Crippen LogP contribution in [0.4, 0.5) is 0 Å². The number of Topliss-reactive ketones (excluding diaryl/α,β-unsaturated/α-hetero) is 1. The second kappa shape index (κ2) is 12.7. The summed E-state index contributed by atoms with van der Waals surface area (Å²) in [5, 5.41) is 12.1. The summed E-state index contributed by atoms with van der Waals surface area (Å²) < 4.78 is 5.97. The van der Waals surface area contributed by atoms with Crippen molar-refractivity contribution in [3.05, 3.63) is 105 Å². The first-order valence-corrected chi connectivity index (χ1v) is 13.7. The van der Waals surface area contributed by atoms with Crippen LogP contribution in [-0.4, -0.2) is 52.8 Å². The van der Waals surface area contributed by atoms with Crippen LogP contribution in [0.1, 0.15) is 42.1 Å². The van der Waals surface area contributed by atoms with Crippen LogP contribution in [0.5, 0.6) is 5.75 Å². The van der Waals surface area contributed by atoms with Crippen molar-refractivity contribution in [1.82, 2.24) is 9.80 Å². The average Bonchev–Trinajstić information content (AvgIpc) is 3.19. The number of halogens is 2. The Morgan fingerprint density at radius 2 is 1.69 bits per heavy atom. The Kier molecular flexibility index (Phi) is 9.33. The SMILES string of the molecule is CCN(CC)CCN1C(=O)C(=O)/C(=C(/O)c2ccc(OCc3ccccc3)c(C)c2)[C@H]1c1ccc(Cl)c(Cl)c1. The number of likely N-dealkylation sites (tertiary alicyclic amines) is 1. The number of amides is 1. The number of likely N-dealkylation sites (N-methyl/N-ethyl adjacent to an activating group) is 1. The molecule has 1 aliphatic rings. The first-order valence-electron chi connectivity index (χ1n) is 13.0. The lowest BCUT2D eigenvalue weighted by Crippen LogP contribution is -2.38. The molecular formula is C31H32Cl2N2O4. The number of ether oxygens (including phenoxy) is 1. The number of rotatable bonds is 10. The fourth-order valence-electron chi connectivity index (χ4n) is 4.78. The van der Waals surface area contributed by atoms with Crippen molar-refractivity contribution in [2.45, 2.75) is 33.4 Å². The van der Waals surface area contributed by atoms with Crippen molar-refractivity contribution in [3.63, 3.8) is 0 Å². The molecular weight excluding hydrogens is 535 g/mol. The highest BCUT2D eigenvalue weighted by Gasteiger charge is 2.46. The summed E-state index contributed by atoms with van der Waals surface area (Å²) in [7, 11) is 0. The van der Waals surface area contributed by atoms with Crippen LogP contribution in [0.3, 0.4) is 0 Å². The minimum absolute atomic E-state index is 0.0234. The average molecular weight is 568 g/mol. The van der Waals surface area contributed by atoms with Crippen LogP contribution < -0.4 is 4.74 Å². The maximum absolute atomic E-state index is 13.4. The van der Waals surface area contributed by atoms with Gasteiger partial charge < -0.3 is 19.6 Å². The number of carbonyl (C=O) groups is 2. The Morgan fingerprint density at radius 1 is 0.974 bits per heavy atom. The first-order chi connectivity index (χ1) is 18.7. The Bertz CT molecular complexity index is 1390. The third-order valence-electron chi connectivity index (χ3n) is 7.04. The lowest BCUT2D eigenvalue weighted by Gasteiger charge is -2.28. The van der Waals surface area contributed by atoms with Gasteiger partial charge in [0.05, 0.1) is 21.7 Å². The highest BCUT2D eigenvalue weighted by molar-refractivity contribution is 6.46. The summed E-state index contributed by atoms with van der Waals surface area (Å²) in [6.45, 7) is 8.90. The zero-order valence-corrected chi connectivity index (χ0v) is 23.8. The molecule has 0 aliphatic carbocycles. The lowest BCUT2D eigenvalue weighted by molar-refractivity contribution is -0.140. The van der Waals surface area contributed by atoms with Crippen LogP contribution in [0.2, 0.25) is 10.0 Å². The second-order valence-electron chi connectivity index (χ2n) is 9.45. The summed E-state index contributed by atoms with van der Waals surface area (Å²) in [5.41, 5.74) is 2.87. The molecule has 1 N–H and O–H groups in total. The summed E-state index contributed by atoms with van der Waals surface area (Å²) in [6.07, 6.45) is 0. The van der Waals surface area contributed by atoms with Gasteiger partial charge in [-0.25, -0.2) is 0 Å². The number of aliphatic hydroxyl groups is 1. The van der Waals surface area contributed by atoms with E-state index in [2.05, 4.69) is 4.90 Å². The number of hydrogen-bond acceptors (Lipinski definition) is 5. The van der Waals surface area contributed by atoms with E-state index in [0.717, 1.165) is 24.2 Å². The zero-order valence-electron chi connectivity index (χ0n) is 22.3. The number of benzene rings is 3. The van der Waals surface area contributed by atoms with Crippen molar-refractivity contribution < 1.29 is 19.4 Å². The van der Waals surface area contributed by atoms with Crippen LogP contribution in [0, 0.1) is 6.92 Å². The number of ketones is 1. The van der Waals surface area contributed by atoms with E-state index < -0.39 is 17.7 Å². The molecule has 1 atom stereocenters. The number of aryl methyl sites for hydroxylation is 1. The van der Waals surface area contributed by atoms with Gasteiger partial charge in [-0.05, 0) is 67.0 Å². The molecule has 0 bridgehead atoms. The third kappa shape index (κ3) is 6.30. The summed E-state index contributed by atoms with van der Waals surface area (Å²) in [6, 6.07) is 19.2. The second-order valence-corrected chi connectivity index (χ2v) is 10.3. The van der Waals surface area contributed by atoms with E-state index in [1.165, 1.54) is 4.90 Å². The number of aliphatic hydroxyl groups excluding tert-OH is 1. The minimum atomic E-state index is -0.801. The minimum Gasteiger partial charge on any atom is -0.507 e. The summed E-state index contributed by atoms with van der Waals surface area (Å²) in [5.74, 6) is -0.965. The predicted octanol–water partition coefficient (Wildman–Crippen LogP) is 6.64. The molecule has 3 aromatic carbocycles. The Balaban J connectivity index is 1.71. The molecule has 8 heteroatoms. The van der Waals surface area contributed by atoms with Gasteiger partial charge in [-0.1, -0.05) is 73.4 Å². The van der Waals surface area contributed by atoms with E-state index in [0.29, 0.717) is 46.6 Å². The van der Waals surface area contributed by atoms with E-state index in [1.807, 2.05) is 51.1 Å². The van der Waals surface area contributed by atoms with E-state index in [-0.39, 0.29) is 11.3 Å². The van der Waals surface area contributed by atoms with E-state index in [4.69, 9.17) is 27.9 Å². The normalized spacial score (nSPS) is 16.8. The highest BCUT2D eigenvalue weighted by Crippen LogP contribution is 2.41. The van der Waals surface area contributed by atoms with E-state index >= 15 is 0 Å². The zero-order chi connectivity index (χ0) is 28.1. The van der Waals surface area contributed by atoms with Crippen molar-refractivity contribution in [2.75, 3.05) is 26.2 Å². The van der Waals surface area contributed by atoms with Gasteiger partial charge in [0.1, 0.15) is 18.1 Å². The molecule has 0 unspecified atom stereocenters. The number of nitrogens with zero attached hydrogens (tertiary/aromatic N) is 2. The molecule has 1 aliphatic heterocycles. The van der Waals surface area contributed by atoms with Crippen LogP contribution in [-0.2, 0) is 16.2 Å². The fourth-order valence-corrected chi connectivity index (χ4v) is 5.08. The van der Waals surface area contributed by atoms with Gasteiger partial charge >= 0.3 is 0 Å². The van der Waals surface area contributed by atoms with E-state index in [9.17, 15) is 14.7 Å². The van der Waals surface area contributed by atoms with Gasteiger partial charge in [-0.2, -0.15) is 0 Å². The molecule has 1 amide bonds. The van der Waals surface area contributed by atoms with E-state index in [1.54, 1.807) is 36.4 Å². The maximum Gasteiger partial charge on any atom is 0.295 e. The van der Waals surface area contributed by atoms with Gasteiger partial charge in [-0.15, -0.1) is 0 Å². The monoisotopic (exact) mass is 566 g/mol. The molecule has 0 spiro atoms. The Labute approximate surface area is 239 Å². The van der Waals surface area contributed by atoms with Gasteiger partial charge in [-0.3, -0.25) is 9.59 Å². The number of carbonyl (C=O) groups excluding carboxylic acids is 2. The van der Waals surface area contributed by atoms with Gasteiger partial charge in [0.2, 0.25) is 0 Å². The molecule has 0 radical (unpaired) electrons. The highest BCUT2D eigenvalue weighted by atomic mass is 35.5. The van der Waals surface area contributed by atoms with Gasteiger partial charge in [0.15, 0.2) is 0 Å². The molecule has 0 saturated carbocycles. The van der Waals surface area contributed by atoms with Gasteiger partial charge in [0, 0.05) is 18.7 Å². The topological polar surface area (TPSA) is 70.1 Å². The van der Waals surface area contributed by atoms with Crippen molar-refractivity contribution in [3.8, 4) is 5.75 Å². The van der Waals surface area contributed by atoms with Crippen LogP contribution in [0.15, 0.2) is 72.3 Å². The summed E-state index contributed by atoms with van der Waals surface area (Å²) >= 11 is 12.5. The van der Waals surface area contributed by atoms with Crippen molar-refractivity contribution in [2.24, 2.45) is 0 Å². The molecule has 3 aromatic rings. The van der Waals surface area contributed by atoms with Crippen LogP contribution >= 0.6 is 23.2 Å². The third-order valence-corrected chi connectivity index (χ3v) is 7.78. The molecule has 1 fully saturated rings. The molecule has 204 valence electrons. The molecule has 39 heavy (non-hydrogen) atoms. The molecule has 1 heterocycles. The first kappa shape index (κ1) is 28.7. The molecule has 6 nitrogen and oxygen atoms in total. The molecule has 0 aromatic heterocycles. The number of hydrogen-bond donors (Lipinski definition) is 1. The Morgan fingerprint density at radius 3 is 2.33 bits per heavy atom. The van der Waals surface area contributed by atoms with Gasteiger partial charge in [0.25, 0.3) is 11.7 Å². The quantitative estimate of drug-likeness (QED) is 0.169. The maximum atomic E-state index is 13.4. The lowest BCUT2D eigenvalue weighted by atomic mass is 9.94. The van der Waals surface area contributed by atoms with Crippen molar-refractivity contribution in [1.29, 1.82) is 0 Å². The standard InChI is InChI=1S/C31H32Cl2N2O4/c1-4-34(5-2)15-16-35-28(22-11-13-24(32)25(33)18-22)27(30(37)31(35)38)29(36)23-12-14-26(20(3)17-23)39-19-21-9-7-6-8-10-21/h6-14,17-18,28,36H,4-5,15-16,19H2,1-3H3/b29-27+/t28-/m1/s1. The van der Waals surface area contributed by atoms with Crippen molar-refractivity contribution >= 4 is 40.7 Å². The Hall–Kier alpha value is -3.32. The predicted molar refractivity (Wildman–Crippen MR) is 155 cm³/mol. The molecule has 4 rings (SSSR count). The largest absolute Gasteiger partial charge is 0.507 e. The smallest absolute Gasteiger partial charge is 0.295 e.